The number of nitrogens with one attached hydrogen (secondary N) is 1. The molecule has 0 unspecified atom stereocenters. The maximum absolute atomic E-state index is 13.0. The Bertz CT molecular complexity index is 763. The van der Waals surface area contributed by atoms with E-state index in [1.807, 2.05) is 32.0 Å². The van der Waals surface area contributed by atoms with E-state index in [0.29, 0.717) is 6.54 Å². The Morgan fingerprint density at radius 2 is 1.64 bits per heavy atom. The predicted molar refractivity (Wildman–Crippen MR) is 110 cm³/mol. The van der Waals surface area contributed by atoms with E-state index in [9.17, 15) is 4.79 Å². The third-order valence-electron chi connectivity index (χ3n) is 5.61. The first kappa shape index (κ1) is 23.1. The maximum atomic E-state index is 13.0. The average molecular weight is 456 g/mol. The number of anilines is 1. The molecule has 1 radical (unpaired) electrons. The molecule has 0 atom stereocenters. The van der Waals surface area contributed by atoms with E-state index in [2.05, 4.69) is 29.6 Å². The van der Waals surface area contributed by atoms with Gasteiger partial charge in [0.05, 0.1) is 20.2 Å². The number of nitrogens with zero attached hydrogens (tertiary/aromatic N) is 1. The molecule has 1 N–H and O–H groups in total. The summed E-state index contributed by atoms with van der Waals surface area (Å²) in [5, 5.41) is 3.18. The molecule has 0 bridgehead atoms. The zero-order chi connectivity index (χ0) is 19.3. The van der Waals surface area contributed by atoms with Gasteiger partial charge in [0.25, 0.3) is 5.91 Å². The molecular weight excluding hydrogens is 425 g/mol. The minimum atomic E-state index is 0. The fourth-order valence-electron chi connectivity index (χ4n) is 4.25. The van der Waals surface area contributed by atoms with Gasteiger partial charge in [-0.25, -0.2) is 0 Å². The van der Waals surface area contributed by atoms with Crippen molar-refractivity contribution in [1.82, 2.24) is 0 Å². The molecule has 0 aromatic heterocycles. The van der Waals surface area contributed by atoms with Crippen molar-refractivity contribution in [1.29, 1.82) is 0 Å². The summed E-state index contributed by atoms with van der Waals surface area (Å²) in [5.41, 5.74) is 4.29. The fourth-order valence-corrected chi connectivity index (χ4v) is 4.25. The quantitative estimate of drug-likeness (QED) is 0.653. The fraction of sp³-hybridized carbons (Fsp3) is 0.435. The van der Waals surface area contributed by atoms with Crippen LogP contribution < -0.4 is 10.1 Å². The van der Waals surface area contributed by atoms with Gasteiger partial charge < -0.3 is 14.5 Å². The van der Waals surface area contributed by atoms with Crippen molar-refractivity contribution in [2.24, 2.45) is 0 Å². The van der Waals surface area contributed by atoms with Crippen LogP contribution in [0.15, 0.2) is 42.5 Å². The summed E-state index contributed by atoms with van der Waals surface area (Å²) < 4.78 is 6.18. The topological polar surface area (TPSA) is 38.3 Å². The summed E-state index contributed by atoms with van der Waals surface area (Å²) in [7, 11) is 1.67. The number of hydrogen-bond acceptors (Lipinski definition) is 2. The molecule has 2 aromatic carbocycles. The Labute approximate surface area is 194 Å². The maximum Gasteiger partial charge on any atom is 0.279 e. The molecule has 1 saturated heterocycles. The summed E-state index contributed by atoms with van der Waals surface area (Å²) in [4.78, 5) is 13.0. The van der Waals surface area contributed by atoms with Crippen molar-refractivity contribution in [3.05, 3.63) is 59.2 Å². The SMILES string of the molecule is COc1cc(C)c(NC(=O)C[N+]2(Cc3ccccc3)CCCCC2)c(C)c1.[Y]. The molecule has 2 aromatic rings. The largest absolute Gasteiger partial charge is 0.497 e. The van der Waals surface area contributed by atoms with Gasteiger partial charge in [0.2, 0.25) is 0 Å². The van der Waals surface area contributed by atoms with Crippen LogP contribution in [0.25, 0.3) is 0 Å². The molecule has 4 nitrogen and oxygen atoms in total. The van der Waals surface area contributed by atoms with E-state index in [4.69, 9.17) is 4.74 Å². The Morgan fingerprint density at radius 1 is 1.04 bits per heavy atom. The summed E-state index contributed by atoms with van der Waals surface area (Å²) in [6, 6.07) is 14.5. The number of piperidine rings is 1. The van der Waals surface area contributed by atoms with Crippen LogP contribution in [0.5, 0.6) is 5.75 Å². The van der Waals surface area contributed by atoms with Crippen molar-refractivity contribution in [2.45, 2.75) is 39.7 Å². The van der Waals surface area contributed by atoms with E-state index >= 15 is 0 Å². The van der Waals surface area contributed by atoms with Crippen LogP contribution in [-0.2, 0) is 44.0 Å². The van der Waals surface area contributed by atoms with E-state index in [0.717, 1.165) is 46.7 Å². The third-order valence-corrected chi connectivity index (χ3v) is 5.61. The van der Waals surface area contributed by atoms with E-state index < -0.39 is 0 Å². The monoisotopic (exact) mass is 456 g/mol. The van der Waals surface area contributed by atoms with Crippen molar-refractivity contribution < 1.29 is 46.7 Å². The van der Waals surface area contributed by atoms with Gasteiger partial charge >= 0.3 is 0 Å². The summed E-state index contributed by atoms with van der Waals surface area (Å²) in [6.45, 7) is 7.63. The van der Waals surface area contributed by atoms with Crippen LogP contribution in [0.1, 0.15) is 36.0 Å². The Balaban J connectivity index is 0.00000280. The van der Waals surface area contributed by atoms with Crippen LogP contribution in [0.4, 0.5) is 5.69 Å². The number of carbonyl (C=O) groups is 1. The molecule has 1 heterocycles. The van der Waals surface area contributed by atoms with Crippen molar-refractivity contribution >= 4 is 11.6 Å². The number of benzene rings is 2. The average Bonchev–Trinajstić information content (AvgIpc) is 2.66. The first-order valence-corrected chi connectivity index (χ1v) is 9.85. The van der Waals surface area contributed by atoms with E-state index in [-0.39, 0.29) is 38.6 Å². The van der Waals surface area contributed by atoms with Crippen LogP contribution in [0.2, 0.25) is 0 Å². The van der Waals surface area contributed by atoms with Gasteiger partial charge in [0.1, 0.15) is 12.3 Å². The van der Waals surface area contributed by atoms with Gasteiger partial charge in [-0.15, -0.1) is 0 Å². The van der Waals surface area contributed by atoms with Crippen molar-refractivity contribution in [3.8, 4) is 5.75 Å². The number of rotatable bonds is 6. The van der Waals surface area contributed by atoms with Gasteiger partial charge in [0, 0.05) is 44.0 Å². The van der Waals surface area contributed by atoms with Crippen LogP contribution >= 0.6 is 0 Å². The molecule has 1 aliphatic heterocycles. The van der Waals surface area contributed by atoms with Gasteiger partial charge in [-0.05, 0) is 56.4 Å². The molecule has 1 aliphatic rings. The van der Waals surface area contributed by atoms with Gasteiger partial charge in [-0.3, -0.25) is 4.79 Å². The Morgan fingerprint density at radius 3 is 2.21 bits per heavy atom. The van der Waals surface area contributed by atoms with Crippen LogP contribution in [0.3, 0.4) is 0 Å². The normalized spacial score (nSPS) is 15.4. The van der Waals surface area contributed by atoms with E-state index in [1.54, 1.807) is 7.11 Å². The van der Waals surface area contributed by atoms with Gasteiger partial charge in [-0.1, -0.05) is 30.3 Å². The summed E-state index contributed by atoms with van der Waals surface area (Å²) in [5.74, 6) is 0.927. The molecule has 5 heteroatoms. The van der Waals surface area contributed by atoms with Crippen LogP contribution in [0, 0.1) is 13.8 Å². The molecule has 0 saturated carbocycles. The summed E-state index contributed by atoms with van der Waals surface area (Å²) in [6.07, 6.45) is 3.66. The second kappa shape index (κ2) is 10.5. The molecule has 1 amide bonds. The number of aryl methyl sites for hydroxylation is 2. The number of hydrogen-bond donors (Lipinski definition) is 1. The zero-order valence-corrected chi connectivity index (χ0v) is 20.2. The number of carbonyl (C=O) groups excluding carboxylic acids is 1. The number of amides is 1. The number of likely N-dealkylation sites (tertiary alicyclic amines) is 1. The molecule has 1 fully saturated rings. The number of methoxy groups -OCH3 is 1. The minimum Gasteiger partial charge on any atom is -0.497 e. The van der Waals surface area contributed by atoms with E-state index in [1.165, 1.54) is 24.8 Å². The van der Waals surface area contributed by atoms with Crippen LogP contribution in [-0.4, -0.2) is 37.1 Å². The molecule has 0 spiro atoms. The van der Waals surface area contributed by atoms with Crippen molar-refractivity contribution in [3.63, 3.8) is 0 Å². The zero-order valence-electron chi connectivity index (χ0n) is 17.3. The first-order valence-electron chi connectivity index (χ1n) is 9.85. The molecular formula is C23H31N2O2Y+. The second-order valence-corrected chi connectivity index (χ2v) is 7.84. The standard InChI is InChI=1S/C23H30N2O2.Y/c1-18-14-21(27-3)15-19(2)23(18)24-22(26)17-25(12-8-5-9-13-25)16-20-10-6-4-7-11-20;/h4,6-7,10-11,14-15H,5,8-9,12-13,16-17H2,1-3H3;/p+1. The first-order chi connectivity index (χ1) is 13.0. The third kappa shape index (κ3) is 5.89. The van der Waals surface area contributed by atoms with Gasteiger partial charge in [-0.2, -0.15) is 0 Å². The smallest absolute Gasteiger partial charge is 0.279 e. The molecule has 28 heavy (non-hydrogen) atoms. The summed E-state index contributed by atoms with van der Waals surface area (Å²) >= 11 is 0. The van der Waals surface area contributed by atoms with Crippen molar-refractivity contribution in [2.75, 3.05) is 32.1 Å². The second-order valence-electron chi connectivity index (χ2n) is 7.84. The molecule has 147 valence electrons. The Kier molecular flexibility index (Phi) is 8.66. The number of quaternary nitrogens is 1. The number of ether oxygens (including phenoxy) is 1. The van der Waals surface area contributed by atoms with Gasteiger partial charge in [0.15, 0.2) is 6.54 Å². The molecule has 0 aliphatic carbocycles. The minimum absolute atomic E-state index is 0. The molecule has 3 rings (SSSR count). The Hall–Kier alpha value is -1.23. The predicted octanol–water partition coefficient (Wildman–Crippen LogP) is 4.45.